The van der Waals surface area contributed by atoms with E-state index in [4.69, 9.17) is 15.3 Å². The molecule has 0 radical (unpaired) electrons. The lowest BCUT2D eigenvalue weighted by atomic mass is 10.0. The van der Waals surface area contributed by atoms with Gasteiger partial charge in [-0.25, -0.2) is 0 Å². The second-order valence-corrected chi connectivity index (χ2v) is 6.22. The van der Waals surface area contributed by atoms with Gasteiger partial charge < -0.3 is 20.6 Å². The van der Waals surface area contributed by atoms with Crippen LogP contribution in [-0.4, -0.2) is 76.1 Å². The van der Waals surface area contributed by atoms with Gasteiger partial charge in [-0.2, -0.15) is 0 Å². The molecule has 0 fully saturated rings. The van der Waals surface area contributed by atoms with Crippen LogP contribution in [0.5, 0.6) is 0 Å². The first-order chi connectivity index (χ1) is 12.3. The Morgan fingerprint density at radius 1 is 0.846 bits per heavy atom. The molecule has 0 rings (SSSR count). The smallest absolute Gasteiger partial charge is 0.317 e. The van der Waals surface area contributed by atoms with Crippen molar-refractivity contribution in [3.63, 3.8) is 0 Å². The van der Waals surface area contributed by atoms with Crippen LogP contribution in [0.25, 0.3) is 0 Å². The lowest BCUT2D eigenvalue weighted by Crippen LogP contribution is -2.51. The summed E-state index contributed by atoms with van der Waals surface area (Å²) in [5.74, 6) is -3.89. The first-order valence-electron chi connectivity index (χ1n) is 8.90. The molecule has 0 saturated carbocycles. The van der Waals surface area contributed by atoms with Gasteiger partial charge in [0.2, 0.25) is 0 Å². The number of carboxylic acid groups (broad SMARTS) is 3. The maximum atomic E-state index is 12.5. The van der Waals surface area contributed by atoms with E-state index in [1.54, 1.807) is 0 Å². The SMILES string of the molecule is CCCCCCCCC(=O)C(CNCC(=O)O)N(CC(=O)O)CC(=O)O. The zero-order valence-electron chi connectivity index (χ0n) is 15.3. The van der Waals surface area contributed by atoms with Gasteiger partial charge in [0.25, 0.3) is 0 Å². The average Bonchev–Trinajstić information content (AvgIpc) is 2.53. The first kappa shape index (κ1) is 24.0. The fourth-order valence-electron chi connectivity index (χ4n) is 2.63. The summed E-state index contributed by atoms with van der Waals surface area (Å²) in [5, 5.41) is 29.2. The number of nitrogens with one attached hydrogen (secondary N) is 1. The van der Waals surface area contributed by atoms with Gasteiger partial charge in [-0.1, -0.05) is 39.0 Å². The van der Waals surface area contributed by atoms with Crippen molar-refractivity contribution in [3.8, 4) is 0 Å². The number of nitrogens with zero attached hydrogens (tertiary/aromatic N) is 1. The van der Waals surface area contributed by atoms with E-state index in [0.29, 0.717) is 6.42 Å². The zero-order valence-corrected chi connectivity index (χ0v) is 15.3. The van der Waals surface area contributed by atoms with Crippen LogP contribution in [-0.2, 0) is 19.2 Å². The molecule has 26 heavy (non-hydrogen) atoms. The summed E-state index contributed by atoms with van der Waals surface area (Å²) in [5.41, 5.74) is 0. The van der Waals surface area contributed by atoms with Crippen molar-refractivity contribution < 1.29 is 34.5 Å². The number of aliphatic carboxylic acids is 3. The Kier molecular flexibility index (Phi) is 13.1. The topological polar surface area (TPSA) is 144 Å². The van der Waals surface area contributed by atoms with E-state index in [2.05, 4.69) is 12.2 Å². The third-order valence-corrected chi connectivity index (χ3v) is 3.88. The van der Waals surface area contributed by atoms with E-state index >= 15 is 0 Å². The van der Waals surface area contributed by atoms with Crippen LogP contribution >= 0.6 is 0 Å². The maximum Gasteiger partial charge on any atom is 0.317 e. The number of carbonyl (C=O) groups is 4. The summed E-state index contributed by atoms with van der Waals surface area (Å²) in [4.78, 5) is 46.2. The molecular weight excluding hydrogens is 344 g/mol. The van der Waals surface area contributed by atoms with Crippen LogP contribution in [0.1, 0.15) is 51.9 Å². The number of ketones is 1. The monoisotopic (exact) mass is 374 g/mol. The molecule has 0 aliphatic rings. The van der Waals surface area contributed by atoms with E-state index < -0.39 is 43.6 Å². The molecule has 1 unspecified atom stereocenters. The van der Waals surface area contributed by atoms with E-state index in [1.807, 2.05) is 0 Å². The van der Waals surface area contributed by atoms with E-state index in [0.717, 1.165) is 37.0 Å². The van der Waals surface area contributed by atoms with E-state index in [-0.39, 0.29) is 18.7 Å². The molecule has 1 atom stereocenters. The second kappa shape index (κ2) is 14.2. The van der Waals surface area contributed by atoms with Crippen LogP contribution in [0.15, 0.2) is 0 Å². The third-order valence-electron chi connectivity index (χ3n) is 3.88. The molecule has 150 valence electrons. The Bertz CT molecular complexity index is 452. The number of unbranched alkanes of at least 4 members (excludes halogenated alkanes) is 5. The molecule has 0 aliphatic carbocycles. The fourth-order valence-corrected chi connectivity index (χ4v) is 2.63. The molecule has 9 nitrogen and oxygen atoms in total. The first-order valence-corrected chi connectivity index (χ1v) is 8.90. The minimum absolute atomic E-state index is 0.110. The van der Waals surface area contributed by atoms with Gasteiger partial charge in [-0.3, -0.25) is 24.1 Å². The summed E-state index contributed by atoms with van der Waals surface area (Å²) in [7, 11) is 0. The fraction of sp³-hybridized carbons (Fsp3) is 0.765. The van der Waals surface area contributed by atoms with Crippen LogP contribution in [0.3, 0.4) is 0 Å². The highest BCUT2D eigenvalue weighted by molar-refractivity contribution is 5.85. The Hall–Kier alpha value is -2.00. The molecule has 0 aromatic carbocycles. The van der Waals surface area contributed by atoms with Gasteiger partial charge in [0, 0.05) is 13.0 Å². The molecule has 0 aliphatic heterocycles. The summed E-state index contributed by atoms with van der Waals surface area (Å²) in [6.45, 7) is 0.399. The lowest BCUT2D eigenvalue weighted by molar-refractivity contribution is -0.144. The molecule has 0 aromatic heterocycles. The highest BCUT2D eigenvalue weighted by Gasteiger charge is 2.28. The number of hydrogen-bond donors (Lipinski definition) is 4. The maximum absolute atomic E-state index is 12.5. The molecule has 0 bridgehead atoms. The lowest BCUT2D eigenvalue weighted by Gasteiger charge is -2.28. The van der Waals surface area contributed by atoms with Crippen LogP contribution in [0, 0.1) is 0 Å². The quantitative estimate of drug-likeness (QED) is 0.272. The van der Waals surface area contributed by atoms with Crippen molar-refractivity contribution in [3.05, 3.63) is 0 Å². The van der Waals surface area contributed by atoms with Crippen molar-refractivity contribution in [2.45, 2.75) is 57.9 Å². The number of hydrogen-bond acceptors (Lipinski definition) is 6. The molecule has 4 N–H and O–H groups in total. The van der Waals surface area contributed by atoms with Gasteiger partial charge >= 0.3 is 17.9 Å². The molecule has 0 heterocycles. The molecule has 0 saturated heterocycles. The molecule has 9 heteroatoms. The summed E-state index contributed by atoms with van der Waals surface area (Å²) in [6.07, 6.45) is 6.10. The number of Topliss-reactive ketones (excluding diaryl/α,β-unsaturated/α-hetero) is 1. The van der Waals surface area contributed by atoms with Crippen LogP contribution in [0.4, 0.5) is 0 Å². The summed E-state index contributed by atoms with van der Waals surface area (Å²) in [6, 6.07) is -0.989. The highest BCUT2D eigenvalue weighted by Crippen LogP contribution is 2.11. The highest BCUT2D eigenvalue weighted by atomic mass is 16.4. The van der Waals surface area contributed by atoms with Crippen LogP contribution in [0.2, 0.25) is 0 Å². The summed E-state index contributed by atoms with van der Waals surface area (Å²) < 4.78 is 0. The third kappa shape index (κ3) is 12.4. The minimum Gasteiger partial charge on any atom is -0.480 e. The van der Waals surface area contributed by atoms with Gasteiger partial charge in [-0.15, -0.1) is 0 Å². The van der Waals surface area contributed by atoms with Gasteiger partial charge in [0.1, 0.15) is 0 Å². The Balaban J connectivity index is 4.80. The minimum atomic E-state index is -1.25. The standard InChI is InChI=1S/C17H30N2O7/c1-2-3-4-5-6-7-8-14(20)13(9-18-10-15(21)22)19(11-16(23)24)12-17(25)26/h13,18H,2-12H2,1H3,(H,21,22)(H,23,24)(H,25,26). The second-order valence-electron chi connectivity index (χ2n) is 6.22. The molecule has 0 amide bonds. The van der Waals surface area contributed by atoms with E-state index in [9.17, 15) is 19.2 Å². The molecular formula is C17H30N2O7. The Morgan fingerprint density at radius 2 is 1.38 bits per heavy atom. The normalized spacial score (nSPS) is 12.1. The van der Waals surface area contributed by atoms with Crippen molar-refractivity contribution >= 4 is 23.7 Å². The van der Waals surface area contributed by atoms with Gasteiger partial charge in [0.05, 0.1) is 25.7 Å². The summed E-state index contributed by atoms with van der Waals surface area (Å²) >= 11 is 0. The molecule has 0 aromatic rings. The van der Waals surface area contributed by atoms with Gasteiger partial charge in [-0.05, 0) is 6.42 Å². The number of carboxylic acids is 3. The van der Waals surface area contributed by atoms with Gasteiger partial charge in [0.15, 0.2) is 5.78 Å². The van der Waals surface area contributed by atoms with Crippen molar-refractivity contribution in [2.24, 2.45) is 0 Å². The van der Waals surface area contributed by atoms with Crippen molar-refractivity contribution in [2.75, 3.05) is 26.2 Å². The number of carbonyl (C=O) groups excluding carboxylic acids is 1. The van der Waals surface area contributed by atoms with Crippen molar-refractivity contribution in [1.82, 2.24) is 10.2 Å². The van der Waals surface area contributed by atoms with Crippen molar-refractivity contribution in [1.29, 1.82) is 0 Å². The molecule has 0 spiro atoms. The Morgan fingerprint density at radius 3 is 1.88 bits per heavy atom. The predicted octanol–water partition coefficient (Wildman–Crippen LogP) is 0.820. The largest absolute Gasteiger partial charge is 0.480 e. The Labute approximate surface area is 153 Å². The predicted molar refractivity (Wildman–Crippen MR) is 94.1 cm³/mol. The van der Waals surface area contributed by atoms with E-state index in [1.165, 1.54) is 0 Å². The zero-order chi connectivity index (χ0) is 19.9. The van der Waals surface area contributed by atoms with Crippen LogP contribution < -0.4 is 5.32 Å². The average molecular weight is 374 g/mol. The number of rotatable bonds is 17.